The Morgan fingerprint density at radius 3 is 2.72 bits per heavy atom. The van der Waals surface area contributed by atoms with Crippen LogP contribution in [0.4, 0.5) is 10.2 Å². The highest BCUT2D eigenvalue weighted by atomic mass is 32.1. The normalized spacial score (nSPS) is 17.7. The first kappa shape index (κ1) is 30.7. The summed E-state index contributed by atoms with van der Waals surface area (Å²) in [5.41, 5.74) is 6.69. The number of carbonyl (C=O) groups is 1. The average molecular weight is 689 g/mol. The van der Waals surface area contributed by atoms with Crippen LogP contribution < -0.4 is 15.8 Å². The predicted octanol–water partition coefficient (Wildman–Crippen LogP) is 7.04. The summed E-state index contributed by atoms with van der Waals surface area (Å²) in [7, 11) is 3.32. The van der Waals surface area contributed by atoms with Crippen LogP contribution in [0.5, 0.6) is 5.75 Å². The molecule has 252 valence electrons. The molecule has 3 aliphatic rings. The number of halogens is 1. The largest absolute Gasteiger partial charge is 0.496 e. The molecule has 2 unspecified atom stereocenters. The lowest BCUT2D eigenvalue weighted by molar-refractivity contribution is 0.0776. The molecular formula is C38H33FN6O4S. The number of ether oxygens (including phenoxy) is 1. The van der Waals surface area contributed by atoms with Gasteiger partial charge in [-0.2, -0.15) is 0 Å². The predicted molar refractivity (Wildman–Crippen MR) is 188 cm³/mol. The van der Waals surface area contributed by atoms with E-state index in [0.717, 1.165) is 63.5 Å². The van der Waals surface area contributed by atoms with Crippen LogP contribution in [0.15, 0.2) is 70.1 Å². The van der Waals surface area contributed by atoms with E-state index in [1.807, 2.05) is 23.1 Å². The van der Waals surface area contributed by atoms with Crippen LogP contribution >= 0.6 is 11.3 Å². The van der Waals surface area contributed by atoms with Crippen LogP contribution in [0.3, 0.4) is 0 Å². The number of methoxy groups -OCH3 is 1. The van der Waals surface area contributed by atoms with Crippen LogP contribution in [0.2, 0.25) is 0 Å². The quantitative estimate of drug-likeness (QED) is 0.181. The van der Waals surface area contributed by atoms with E-state index >= 15 is 0 Å². The van der Waals surface area contributed by atoms with Crippen molar-refractivity contribution < 1.29 is 18.4 Å². The third-order valence-electron chi connectivity index (χ3n) is 10.4. The molecule has 0 radical (unpaired) electrons. The summed E-state index contributed by atoms with van der Waals surface area (Å²) >= 11 is 1.56. The van der Waals surface area contributed by atoms with Crippen LogP contribution in [-0.4, -0.2) is 44.2 Å². The monoisotopic (exact) mass is 688 g/mol. The van der Waals surface area contributed by atoms with Gasteiger partial charge in [0.2, 0.25) is 0 Å². The standard InChI is InChI=1S/C38H33FN6O4S/c1-44-36(43-49-38(44)47)30-26(14-10-20-8-11-22(39)12-9-20)41-33-27-6-4-18-45(27)37(46)32(33)31(30)29-19-21-16-17-40-35(34(21)50-29)42-25-15-13-24-23(25)5-3-7-28(24)48-2/h3,5,7-9,11-12,16-17,19,25,27H,4,6,10,13-15,18H2,1-2H3,(H,40,42). The topological polar surface area (TPSA) is 115 Å². The van der Waals surface area contributed by atoms with Gasteiger partial charge in [-0.1, -0.05) is 29.4 Å². The lowest BCUT2D eigenvalue weighted by atomic mass is 9.92. The highest BCUT2D eigenvalue weighted by Gasteiger charge is 2.45. The molecule has 6 aromatic rings. The number of aromatic nitrogens is 4. The highest BCUT2D eigenvalue weighted by Crippen LogP contribution is 2.50. The van der Waals surface area contributed by atoms with Gasteiger partial charge >= 0.3 is 5.76 Å². The first-order chi connectivity index (χ1) is 24.4. The Balaban J connectivity index is 1.22. The zero-order valence-corrected chi connectivity index (χ0v) is 28.3. The number of carbonyl (C=O) groups excluding carboxylic acids is 1. The molecule has 6 heterocycles. The first-order valence-corrected chi connectivity index (χ1v) is 17.7. The number of benzene rings is 2. The van der Waals surface area contributed by atoms with Crippen molar-refractivity contribution in [1.29, 1.82) is 0 Å². The number of amides is 1. The number of rotatable bonds is 8. The molecule has 1 N–H and O–H groups in total. The number of pyridine rings is 2. The van der Waals surface area contributed by atoms with Crippen molar-refractivity contribution in [3.05, 3.63) is 111 Å². The van der Waals surface area contributed by atoms with Gasteiger partial charge in [-0.05, 0) is 90.9 Å². The minimum atomic E-state index is -0.608. The Bertz CT molecular complexity index is 2380. The molecule has 4 aromatic heterocycles. The number of anilines is 1. The van der Waals surface area contributed by atoms with Gasteiger partial charge in [0.15, 0.2) is 5.82 Å². The van der Waals surface area contributed by atoms with E-state index in [4.69, 9.17) is 19.2 Å². The number of aryl methyl sites for hydroxylation is 2. The SMILES string of the molecule is COc1cccc2c1CCC2Nc1nccc2cc(-c3c4c(nc(CCc5ccc(F)cc5)c3-c3noc(=O)n3C)C3CCCN3C4=O)sc12. The van der Waals surface area contributed by atoms with Gasteiger partial charge in [-0.15, -0.1) is 11.3 Å². The summed E-state index contributed by atoms with van der Waals surface area (Å²) in [4.78, 5) is 39.7. The molecule has 0 saturated carbocycles. The lowest BCUT2D eigenvalue weighted by Crippen LogP contribution is -2.23. The van der Waals surface area contributed by atoms with E-state index in [2.05, 4.69) is 22.6 Å². The zero-order chi connectivity index (χ0) is 34.1. The second kappa shape index (κ2) is 11.9. The Hall–Kier alpha value is -5.36. The van der Waals surface area contributed by atoms with Gasteiger partial charge in [-0.3, -0.25) is 18.9 Å². The fraction of sp³-hybridized carbons (Fsp3) is 0.289. The van der Waals surface area contributed by atoms with Crippen molar-refractivity contribution in [2.24, 2.45) is 7.05 Å². The van der Waals surface area contributed by atoms with Crippen LogP contribution in [0.1, 0.15) is 69.8 Å². The van der Waals surface area contributed by atoms with Crippen LogP contribution in [0, 0.1) is 5.82 Å². The summed E-state index contributed by atoms with van der Waals surface area (Å²) in [5.74, 6) is 1.01. The molecule has 9 rings (SSSR count). The van der Waals surface area contributed by atoms with Crippen molar-refractivity contribution in [3.8, 4) is 27.6 Å². The van der Waals surface area contributed by atoms with Crippen LogP contribution in [-0.2, 0) is 26.3 Å². The first-order valence-electron chi connectivity index (χ1n) is 16.9. The summed E-state index contributed by atoms with van der Waals surface area (Å²) in [5, 5.41) is 8.93. The third kappa shape index (κ3) is 4.84. The number of hydrogen-bond acceptors (Lipinski definition) is 9. The van der Waals surface area contributed by atoms with E-state index < -0.39 is 5.76 Å². The van der Waals surface area contributed by atoms with E-state index in [1.54, 1.807) is 43.8 Å². The smallest absolute Gasteiger partial charge is 0.441 e. The van der Waals surface area contributed by atoms with Gasteiger partial charge in [0, 0.05) is 30.2 Å². The molecule has 10 nitrogen and oxygen atoms in total. The lowest BCUT2D eigenvalue weighted by Gasteiger charge is -2.17. The van der Waals surface area contributed by atoms with Gasteiger partial charge in [0.25, 0.3) is 5.91 Å². The average Bonchev–Trinajstić information content (AvgIpc) is 3.96. The maximum Gasteiger partial charge on any atom is 0.441 e. The van der Waals surface area contributed by atoms with Crippen molar-refractivity contribution in [3.63, 3.8) is 0 Å². The van der Waals surface area contributed by atoms with E-state index in [0.29, 0.717) is 47.6 Å². The maximum absolute atomic E-state index is 14.3. The second-order valence-electron chi connectivity index (χ2n) is 13.1. The fourth-order valence-electron chi connectivity index (χ4n) is 7.95. The molecule has 1 aliphatic carbocycles. The summed E-state index contributed by atoms with van der Waals surface area (Å²) < 4.78 is 26.9. The molecular weight excluding hydrogens is 656 g/mol. The van der Waals surface area contributed by atoms with Crippen molar-refractivity contribution >= 4 is 33.1 Å². The molecule has 2 aromatic carbocycles. The molecule has 0 spiro atoms. The van der Waals surface area contributed by atoms with E-state index in [-0.39, 0.29) is 23.8 Å². The third-order valence-corrected chi connectivity index (χ3v) is 11.5. The molecule has 2 atom stereocenters. The van der Waals surface area contributed by atoms with Gasteiger partial charge in [-0.25, -0.2) is 14.2 Å². The molecule has 1 saturated heterocycles. The maximum atomic E-state index is 14.3. The molecule has 0 bridgehead atoms. The van der Waals surface area contributed by atoms with Crippen molar-refractivity contribution in [2.75, 3.05) is 19.0 Å². The second-order valence-corrected chi connectivity index (χ2v) is 14.2. The number of fused-ring (bicyclic) bond motifs is 5. The zero-order valence-electron chi connectivity index (χ0n) is 27.5. The molecule has 12 heteroatoms. The van der Waals surface area contributed by atoms with E-state index in [1.165, 1.54) is 27.8 Å². The van der Waals surface area contributed by atoms with Crippen LogP contribution in [0.25, 0.3) is 31.9 Å². The summed E-state index contributed by atoms with van der Waals surface area (Å²) in [6.45, 7) is 0.667. The number of nitrogens with zero attached hydrogens (tertiary/aromatic N) is 5. The number of hydrogen-bond donors (Lipinski definition) is 1. The molecule has 2 aliphatic heterocycles. The van der Waals surface area contributed by atoms with Crippen molar-refractivity contribution in [1.82, 2.24) is 24.6 Å². The molecule has 1 fully saturated rings. The molecule has 50 heavy (non-hydrogen) atoms. The summed E-state index contributed by atoms with van der Waals surface area (Å²) in [6.07, 6.45) is 6.43. The van der Waals surface area contributed by atoms with E-state index in [9.17, 15) is 14.0 Å². The van der Waals surface area contributed by atoms with Gasteiger partial charge in [0.1, 0.15) is 17.4 Å². The molecule has 1 amide bonds. The van der Waals surface area contributed by atoms with Gasteiger partial charge in [0.05, 0.1) is 46.4 Å². The number of thiophene rings is 1. The fourth-order valence-corrected chi connectivity index (χ4v) is 9.12. The van der Waals surface area contributed by atoms with Crippen molar-refractivity contribution in [2.45, 2.75) is 50.6 Å². The Kier molecular flexibility index (Phi) is 7.30. The Morgan fingerprint density at radius 2 is 1.92 bits per heavy atom. The summed E-state index contributed by atoms with van der Waals surface area (Å²) in [6, 6.07) is 16.6. The highest BCUT2D eigenvalue weighted by molar-refractivity contribution is 7.23. The number of nitrogens with one attached hydrogen (secondary N) is 1. The Morgan fingerprint density at radius 1 is 1.06 bits per heavy atom. The minimum Gasteiger partial charge on any atom is -0.496 e. The Labute approximate surface area is 290 Å². The van der Waals surface area contributed by atoms with Gasteiger partial charge < -0.3 is 15.0 Å². The minimum absolute atomic E-state index is 0.0599.